The van der Waals surface area contributed by atoms with E-state index in [-0.39, 0.29) is 34.7 Å². The van der Waals surface area contributed by atoms with Crippen LogP contribution >= 0.6 is 0 Å². The molecular formula is C15H18O4. The van der Waals surface area contributed by atoms with E-state index in [1.807, 2.05) is 6.92 Å². The van der Waals surface area contributed by atoms with Crippen LogP contribution in [0.1, 0.15) is 43.5 Å². The van der Waals surface area contributed by atoms with Crippen molar-refractivity contribution in [1.82, 2.24) is 0 Å². The number of phenols is 1. The van der Waals surface area contributed by atoms with Crippen LogP contribution in [0.2, 0.25) is 0 Å². The molecule has 2 rings (SSSR count). The summed E-state index contributed by atoms with van der Waals surface area (Å²) in [5.74, 6) is 0.125. The topological polar surface area (TPSA) is 63.6 Å². The smallest absolute Gasteiger partial charge is 0.314 e. The van der Waals surface area contributed by atoms with Crippen LogP contribution in [0, 0.1) is 11.8 Å². The highest BCUT2D eigenvalue weighted by Gasteiger charge is 2.27. The van der Waals surface area contributed by atoms with Crippen LogP contribution in [0.4, 0.5) is 0 Å². The van der Waals surface area contributed by atoms with Crippen molar-refractivity contribution < 1.29 is 19.4 Å². The molecule has 0 saturated heterocycles. The van der Waals surface area contributed by atoms with Crippen LogP contribution in [0.3, 0.4) is 0 Å². The van der Waals surface area contributed by atoms with E-state index < -0.39 is 0 Å². The standard InChI is InChI=1S/C15H18O4/c1-9(7-11-3-4-11)15(18)19-12-5-6-13(10(2)16)14(17)8-12/h5-6,8-9,11,17H,3-4,7H2,1-2H3. The molecule has 0 aromatic heterocycles. The lowest BCUT2D eigenvalue weighted by Crippen LogP contribution is -2.18. The predicted octanol–water partition coefficient (Wildman–Crippen LogP) is 2.94. The Morgan fingerprint density at radius 2 is 2.11 bits per heavy atom. The van der Waals surface area contributed by atoms with Crippen LogP contribution in [0.15, 0.2) is 18.2 Å². The van der Waals surface area contributed by atoms with Gasteiger partial charge in [-0.2, -0.15) is 0 Å². The van der Waals surface area contributed by atoms with Crippen molar-refractivity contribution >= 4 is 11.8 Å². The molecule has 1 unspecified atom stereocenters. The zero-order chi connectivity index (χ0) is 14.0. The van der Waals surface area contributed by atoms with Gasteiger partial charge in [-0.25, -0.2) is 0 Å². The number of Topliss-reactive ketones (excluding diaryl/α,β-unsaturated/α-hetero) is 1. The highest BCUT2D eigenvalue weighted by molar-refractivity contribution is 5.96. The monoisotopic (exact) mass is 262 g/mol. The maximum Gasteiger partial charge on any atom is 0.314 e. The van der Waals surface area contributed by atoms with E-state index in [0.29, 0.717) is 5.92 Å². The fourth-order valence-electron chi connectivity index (χ4n) is 2.04. The first-order valence-electron chi connectivity index (χ1n) is 6.53. The Kier molecular flexibility index (Phi) is 3.88. The fraction of sp³-hybridized carbons (Fsp3) is 0.467. The van der Waals surface area contributed by atoms with Gasteiger partial charge < -0.3 is 9.84 Å². The number of carbonyl (C=O) groups excluding carboxylic acids is 2. The second kappa shape index (κ2) is 5.43. The summed E-state index contributed by atoms with van der Waals surface area (Å²) in [5.41, 5.74) is 0.228. The molecule has 0 radical (unpaired) electrons. The number of hydrogen-bond donors (Lipinski definition) is 1. The van der Waals surface area contributed by atoms with Crippen molar-refractivity contribution in [2.24, 2.45) is 11.8 Å². The minimum absolute atomic E-state index is 0.137. The Morgan fingerprint density at radius 1 is 1.42 bits per heavy atom. The first-order chi connectivity index (χ1) is 8.97. The fourth-order valence-corrected chi connectivity index (χ4v) is 2.04. The summed E-state index contributed by atoms with van der Waals surface area (Å²) in [6, 6.07) is 4.29. The number of ketones is 1. The highest BCUT2D eigenvalue weighted by Crippen LogP contribution is 2.35. The molecule has 0 spiro atoms. The molecule has 19 heavy (non-hydrogen) atoms. The molecule has 1 atom stereocenters. The van der Waals surface area contributed by atoms with E-state index in [9.17, 15) is 14.7 Å². The van der Waals surface area contributed by atoms with Crippen molar-refractivity contribution in [3.8, 4) is 11.5 Å². The molecule has 1 aromatic rings. The van der Waals surface area contributed by atoms with E-state index in [1.54, 1.807) is 0 Å². The first kappa shape index (κ1) is 13.6. The third-order valence-electron chi connectivity index (χ3n) is 3.35. The summed E-state index contributed by atoms with van der Waals surface area (Å²) in [7, 11) is 0. The van der Waals surface area contributed by atoms with Crippen molar-refractivity contribution in [1.29, 1.82) is 0 Å². The lowest BCUT2D eigenvalue weighted by molar-refractivity contribution is -0.138. The minimum Gasteiger partial charge on any atom is -0.507 e. The van der Waals surface area contributed by atoms with E-state index in [4.69, 9.17) is 4.74 Å². The average Bonchev–Trinajstić information content (AvgIpc) is 3.12. The van der Waals surface area contributed by atoms with Crippen LogP contribution in [0.25, 0.3) is 0 Å². The van der Waals surface area contributed by atoms with Gasteiger partial charge in [-0.05, 0) is 31.4 Å². The predicted molar refractivity (Wildman–Crippen MR) is 70.3 cm³/mol. The summed E-state index contributed by atoms with van der Waals surface area (Å²) in [6.07, 6.45) is 3.26. The van der Waals surface area contributed by atoms with Crippen LogP contribution in [-0.4, -0.2) is 16.9 Å². The number of aromatic hydroxyl groups is 1. The summed E-state index contributed by atoms with van der Waals surface area (Å²) in [5, 5.41) is 9.66. The highest BCUT2D eigenvalue weighted by atomic mass is 16.5. The second-order valence-electron chi connectivity index (χ2n) is 5.24. The minimum atomic E-state index is -0.290. The molecule has 0 amide bonds. The Morgan fingerprint density at radius 3 is 2.63 bits per heavy atom. The van der Waals surface area contributed by atoms with Crippen molar-refractivity contribution in [2.45, 2.75) is 33.1 Å². The lowest BCUT2D eigenvalue weighted by atomic mass is 10.1. The average molecular weight is 262 g/mol. The van der Waals surface area contributed by atoms with Gasteiger partial charge >= 0.3 is 5.97 Å². The number of ether oxygens (including phenoxy) is 1. The molecule has 0 aliphatic heterocycles. The van der Waals surface area contributed by atoms with Crippen LogP contribution in [-0.2, 0) is 4.79 Å². The molecule has 1 saturated carbocycles. The molecule has 102 valence electrons. The molecule has 1 fully saturated rings. The van der Waals surface area contributed by atoms with Gasteiger partial charge in [0.05, 0.1) is 11.5 Å². The van der Waals surface area contributed by atoms with Crippen LogP contribution in [0.5, 0.6) is 11.5 Å². The maximum absolute atomic E-state index is 11.8. The van der Waals surface area contributed by atoms with Crippen molar-refractivity contribution in [3.63, 3.8) is 0 Å². The number of hydrogen-bond acceptors (Lipinski definition) is 4. The molecule has 4 heteroatoms. The van der Waals surface area contributed by atoms with Crippen molar-refractivity contribution in [3.05, 3.63) is 23.8 Å². The van der Waals surface area contributed by atoms with Gasteiger partial charge in [0.15, 0.2) is 5.78 Å². The van der Waals surface area contributed by atoms with Gasteiger partial charge in [-0.15, -0.1) is 0 Å². The van der Waals surface area contributed by atoms with Gasteiger partial charge in [0.2, 0.25) is 0 Å². The lowest BCUT2D eigenvalue weighted by Gasteiger charge is -2.11. The van der Waals surface area contributed by atoms with E-state index in [0.717, 1.165) is 6.42 Å². The van der Waals surface area contributed by atoms with Gasteiger partial charge in [-0.3, -0.25) is 9.59 Å². The molecule has 1 aliphatic rings. The molecule has 1 aliphatic carbocycles. The maximum atomic E-state index is 11.8. The van der Waals surface area contributed by atoms with Gasteiger partial charge in [0.1, 0.15) is 11.5 Å². The van der Waals surface area contributed by atoms with Gasteiger partial charge in [0.25, 0.3) is 0 Å². The summed E-state index contributed by atoms with van der Waals surface area (Å²) in [6.45, 7) is 3.23. The second-order valence-corrected chi connectivity index (χ2v) is 5.24. The first-order valence-corrected chi connectivity index (χ1v) is 6.53. The Hall–Kier alpha value is -1.84. The summed E-state index contributed by atoms with van der Waals surface area (Å²) in [4.78, 5) is 23.0. The van der Waals surface area contributed by atoms with Crippen molar-refractivity contribution in [2.75, 3.05) is 0 Å². The van der Waals surface area contributed by atoms with E-state index >= 15 is 0 Å². The quantitative estimate of drug-likeness (QED) is 0.503. The molecule has 0 bridgehead atoms. The number of rotatable bonds is 5. The van der Waals surface area contributed by atoms with E-state index in [2.05, 4.69) is 0 Å². The number of carbonyl (C=O) groups is 2. The summed E-state index contributed by atoms with van der Waals surface area (Å²) < 4.78 is 5.21. The third-order valence-corrected chi connectivity index (χ3v) is 3.35. The Bertz CT molecular complexity index is 503. The molecule has 1 N–H and O–H groups in total. The van der Waals surface area contributed by atoms with Crippen LogP contribution < -0.4 is 4.74 Å². The molecule has 4 nitrogen and oxygen atoms in total. The molecule has 0 heterocycles. The zero-order valence-electron chi connectivity index (χ0n) is 11.2. The molecule has 1 aromatic carbocycles. The Balaban J connectivity index is 2.00. The normalized spacial score (nSPS) is 15.9. The van der Waals surface area contributed by atoms with E-state index in [1.165, 1.54) is 38.0 Å². The molecular weight excluding hydrogens is 244 g/mol. The SMILES string of the molecule is CC(=O)c1ccc(OC(=O)C(C)CC2CC2)cc1O. The van der Waals surface area contributed by atoms with Gasteiger partial charge in [-0.1, -0.05) is 19.8 Å². The Labute approximate surface area is 112 Å². The summed E-state index contributed by atoms with van der Waals surface area (Å²) >= 11 is 0. The zero-order valence-corrected chi connectivity index (χ0v) is 11.2. The third kappa shape index (κ3) is 3.56. The number of esters is 1. The number of benzene rings is 1. The number of phenolic OH excluding ortho intramolecular Hbond substituents is 1. The largest absolute Gasteiger partial charge is 0.507 e. The van der Waals surface area contributed by atoms with Gasteiger partial charge in [0, 0.05) is 6.07 Å².